The fourth-order valence-corrected chi connectivity index (χ4v) is 1.57. The monoisotopic (exact) mass is 234 g/mol. The Hall–Kier alpha value is -1.64. The molecular formula is C12H14N2O3. The lowest BCUT2D eigenvalue weighted by atomic mass is 10.3. The zero-order chi connectivity index (χ0) is 12.3. The number of hydrogen-bond donors (Lipinski definition) is 0. The maximum absolute atomic E-state index is 8.60. The SMILES string of the molecule is CC1(C)OC[C@H](COc2ccc(C#N)nc2)O1. The third kappa shape index (κ3) is 3.16. The number of hydrogen-bond acceptors (Lipinski definition) is 5. The highest BCUT2D eigenvalue weighted by atomic mass is 16.7. The van der Waals surface area contributed by atoms with Crippen LogP contribution >= 0.6 is 0 Å². The molecule has 0 radical (unpaired) electrons. The summed E-state index contributed by atoms with van der Waals surface area (Å²) in [6.07, 6.45) is 1.46. The van der Waals surface area contributed by atoms with Gasteiger partial charge in [0.25, 0.3) is 0 Å². The van der Waals surface area contributed by atoms with Crippen molar-refractivity contribution < 1.29 is 14.2 Å². The number of rotatable bonds is 3. The summed E-state index contributed by atoms with van der Waals surface area (Å²) in [6, 6.07) is 5.28. The summed E-state index contributed by atoms with van der Waals surface area (Å²) < 4.78 is 16.5. The van der Waals surface area contributed by atoms with Crippen LogP contribution in [0.15, 0.2) is 18.3 Å². The molecule has 17 heavy (non-hydrogen) atoms. The molecule has 0 N–H and O–H groups in total. The molecule has 1 aromatic rings. The van der Waals surface area contributed by atoms with E-state index in [0.29, 0.717) is 24.7 Å². The minimum Gasteiger partial charge on any atom is -0.489 e. The van der Waals surface area contributed by atoms with E-state index in [2.05, 4.69) is 4.98 Å². The van der Waals surface area contributed by atoms with Gasteiger partial charge in [-0.2, -0.15) is 5.26 Å². The van der Waals surface area contributed by atoms with Crippen LogP contribution < -0.4 is 4.74 Å². The van der Waals surface area contributed by atoms with Crippen LogP contribution in [0.3, 0.4) is 0 Å². The largest absolute Gasteiger partial charge is 0.489 e. The van der Waals surface area contributed by atoms with Crippen molar-refractivity contribution in [3.8, 4) is 11.8 Å². The molecule has 0 amide bonds. The minimum absolute atomic E-state index is 0.0688. The zero-order valence-electron chi connectivity index (χ0n) is 9.84. The van der Waals surface area contributed by atoms with E-state index in [-0.39, 0.29) is 6.10 Å². The van der Waals surface area contributed by atoms with Crippen LogP contribution in [0.2, 0.25) is 0 Å². The molecule has 1 atom stereocenters. The number of nitrogens with zero attached hydrogens (tertiary/aromatic N) is 2. The molecule has 1 aromatic heterocycles. The van der Waals surface area contributed by atoms with Crippen LogP contribution in [0.1, 0.15) is 19.5 Å². The molecule has 5 heteroatoms. The van der Waals surface area contributed by atoms with Gasteiger partial charge in [-0.3, -0.25) is 0 Å². The first kappa shape index (κ1) is 11.8. The standard InChI is InChI=1S/C12H14N2O3/c1-12(2)16-8-11(17-12)7-15-10-4-3-9(5-13)14-6-10/h3-4,6,11H,7-8H2,1-2H3/t11-/m0/s1. The van der Waals surface area contributed by atoms with Gasteiger partial charge >= 0.3 is 0 Å². The molecule has 90 valence electrons. The Kier molecular flexibility index (Phi) is 3.27. The van der Waals surface area contributed by atoms with Crippen LogP contribution in [-0.4, -0.2) is 30.1 Å². The van der Waals surface area contributed by atoms with Gasteiger partial charge < -0.3 is 14.2 Å². The predicted octanol–water partition coefficient (Wildman–Crippen LogP) is 1.48. The topological polar surface area (TPSA) is 64.4 Å². The van der Waals surface area contributed by atoms with Gasteiger partial charge in [0, 0.05) is 0 Å². The second-order valence-electron chi connectivity index (χ2n) is 4.25. The fourth-order valence-electron chi connectivity index (χ4n) is 1.57. The Bertz CT molecular complexity index is 422. The summed E-state index contributed by atoms with van der Waals surface area (Å²) in [4.78, 5) is 3.91. The summed E-state index contributed by atoms with van der Waals surface area (Å²) >= 11 is 0. The average molecular weight is 234 g/mol. The maximum atomic E-state index is 8.60. The highest BCUT2D eigenvalue weighted by Gasteiger charge is 2.32. The van der Waals surface area contributed by atoms with Gasteiger partial charge in [0.15, 0.2) is 5.79 Å². The molecule has 0 bridgehead atoms. The van der Waals surface area contributed by atoms with E-state index in [1.54, 1.807) is 12.1 Å². The summed E-state index contributed by atoms with van der Waals surface area (Å²) in [5, 5.41) is 8.60. The van der Waals surface area contributed by atoms with Gasteiger partial charge in [0.1, 0.15) is 30.2 Å². The van der Waals surface area contributed by atoms with Gasteiger partial charge in [0.05, 0.1) is 12.8 Å². The Labute approximate surface area is 99.9 Å². The van der Waals surface area contributed by atoms with Gasteiger partial charge in [0.2, 0.25) is 0 Å². The molecule has 5 nitrogen and oxygen atoms in total. The van der Waals surface area contributed by atoms with E-state index in [1.165, 1.54) is 6.20 Å². The van der Waals surface area contributed by atoms with Crippen molar-refractivity contribution in [1.82, 2.24) is 4.98 Å². The molecule has 1 fully saturated rings. The van der Waals surface area contributed by atoms with Gasteiger partial charge in [-0.15, -0.1) is 0 Å². The first-order valence-electron chi connectivity index (χ1n) is 5.40. The van der Waals surface area contributed by atoms with Gasteiger partial charge in [-0.05, 0) is 26.0 Å². The molecule has 2 rings (SSSR count). The summed E-state index contributed by atoms with van der Waals surface area (Å²) in [5.74, 6) is 0.0917. The highest BCUT2D eigenvalue weighted by molar-refractivity contribution is 5.26. The van der Waals surface area contributed by atoms with E-state index in [0.717, 1.165) is 0 Å². The Balaban J connectivity index is 1.84. The lowest BCUT2D eigenvalue weighted by Gasteiger charge is -2.17. The molecule has 0 spiro atoms. The van der Waals surface area contributed by atoms with E-state index in [1.807, 2.05) is 19.9 Å². The normalized spacial score (nSPS) is 22.1. The Morgan fingerprint density at radius 2 is 2.41 bits per heavy atom. The first-order chi connectivity index (χ1) is 8.09. The second kappa shape index (κ2) is 4.70. The molecule has 0 unspecified atom stereocenters. The molecule has 0 saturated carbocycles. The van der Waals surface area contributed by atoms with Crippen molar-refractivity contribution in [1.29, 1.82) is 5.26 Å². The van der Waals surface area contributed by atoms with E-state index >= 15 is 0 Å². The van der Waals surface area contributed by atoms with Crippen molar-refractivity contribution >= 4 is 0 Å². The smallest absolute Gasteiger partial charge is 0.163 e. The highest BCUT2D eigenvalue weighted by Crippen LogP contribution is 2.22. The van der Waals surface area contributed by atoms with Crippen LogP contribution in [0.25, 0.3) is 0 Å². The zero-order valence-corrected chi connectivity index (χ0v) is 9.84. The van der Waals surface area contributed by atoms with Crippen molar-refractivity contribution in [2.24, 2.45) is 0 Å². The van der Waals surface area contributed by atoms with Crippen molar-refractivity contribution in [3.05, 3.63) is 24.0 Å². The van der Waals surface area contributed by atoms with Gasteiger partial charge in [-0.25, -0.2) is 4.98 Å². The Morgan fingerprint density at radius 1 is 1.59 bits per heavy atom. The number of ether oxygens (including phenoxy) is 3. The molecule has 1 aliphatic heterocycles. The number of nitriles is 1. The second-order valence-corrected chi connectivity index (χ2v) is 4.25. The maximum Gasteiger partial charge on any atom is 0.163 e. The first-order valence-corrected chi connectivity index (χ1v) is 5.40. The molecule has 0 aliphatic carbocycles. The third-order valence-corrected chi connectivity index (χ3v) is 2.35. The van der Waals surface area contributed by atoms with Crippen molar-refractivity contribution in [2.45, 2.75) is 25.7 Å². The lowest BCUT2D eigenvalue weighted by molar-refractivity contribution is -0.141. The fraction of sp³-hybridized carbons (Fsp3) is 0.500. The van der Waals surface area contributed by atoms with Crippen molar-refractivity contribution in [3.63, 3.8) is 0 Å². The van der Waals surface area contributed by atoms with Gasteiger partial charge in [-0.1, -0.05) is 0 Å². The van der Waals surface area contributed by atoms with Crippen LogP contribution in [0.4, 0.5) is 0 Å². The van der Waals surface area contributed by atoms with E-state index in [4.69, 9.17) is 19.5 Å². The molecule has 0 aromatic carbocycles. The van der Waals surface area contributed by atoms with Crippen molar-refractivity contribution in [2.75, 3.05) is 13.2 Å². The summed E-state index contributed by atoms with van der Waals surface area (Å²) in [7, 11) is 0. The summed E-state index contributed by atoms with van der Waals surface area (Å²) in [5.41, 5.74) is 0.374. The predicted molar refractivity (Wildman–Crippen MR) is 59.4 cm³/mol. The number of aromatic nitrogens is 1. The molecule has 1 saturated heterocycles. The van der Waals surface area contributed by atoms with Crippen LogP contribution in [0.5, 0.6) is 5.75 Å². The molecular weight excluding hydrogens is 220 g/mol. The van der Waals surface area contributed by atoms with Crippen LogP contribution in [0, 0.1) is 11.3 Å². The number of pyridine rings is 1. The molecule has 2 heterocycles. The van der Waals surface area contributed by atoms with E-state index in [9.17, 15) is 0 Å². The quantitative estimate of drug-likeness (QED) is 0.792. The minimum atomic E-state index is -0.531. The average Bonchev–Trinajstić information content (AvgIpc) is 2.67. The lowest BCUT2D eigenvalue weighted by Crippen LogP contribution is -2.25. The molecule has 1 aliphatic rings. The summed E-state index contributed by atoms with van der Waals surface area (Å²) in [6.45, 7) is 4.68. The van der Waals surface area contributed by atoms with Crippen LogP contribution in [-0.2, 0) is 9.47 Å². The third-order valence-electron chi connectivity index (χ3n) is 2.35. The van der Waals surface area contributed by atoms with E-state index < -0.39 is 5.79 Å². The Morgan fingerprint density at radius 3 is 2.94 bits per heavy atom.